The van der Waals surface area contributed by atoms with Gasteiger partial charge in [-0.05, 0) is 60.9 Å². The normalized spacial score (nSPS) is 20.2. The molecule has 2 aromatic rings. The van der Waals surface area contributed by atoms with Crippen molar-refractivity contribution in [3.63, 3.8) is 0 Å². The van der Waals surface area contributed by atoms with Crippen molar-refractivity contribution in [2.75, 3.05) is 6.61 Å². The Balaban J connectivity index is 1.42. The van der Waals surface area contributed by atoms with Crippen molar-refractivity contribution in [1.82, 2.24) is 5.48 Å². The third-order valence-electron chi connectivity index (χ3n) is 4.72. The fraction of sp³-hybridized carbons (Fsp3) is 0.364. The van der Waals surface area contributed by atoms with E-state index < -0.39 is 0 Å². The molecule has 1 saturated heterocycles. The van der Waals surface area contributed by atoms with Gasteiger partial charge < -0.3 is 9.47 Å². The van der Waals surface area contributed by atoms with Crippen molar-refractivity contribution >= 4 is 10.8 Å². The lowest BCUT2D eigenvalue weighted by Crippen LogP contribution is -2.29. The van der Waals surface area contributed by atoms with Gasteiger partial charge >= 0.3 is 0 Å². The van der Waals surface area contributed by atoms with E-state index in [9.17, 15) is 0 Å². The zero-order valence-electron chi connectivity index (χ0n) is 14.9. The quantitative estimate of drug-likeness (QED) is 0.744. The molecule has 0 amide bonds. The third kappa shape index (κ3) is 4.33. The maximum atomic E-state index is 6.09. The van der Waals surface area contributed by atoms with Crippen LogP contribution >= 0.6 is 0 Å². The van der Waals surface area contributed by atoms with E-state index in [1.807, 2.05) is 18.2 Å². The Hall–Kier alpha value is -2.14. The number of hydroxylamine groups is 1. The first-order valence-electron chi connectivity index (χ1n) is 9.45. The molecule has 2 aromatic carbocycles. The zero-order valence-corrected chi connectivity index (χ0v) is 14.9. The molecule has 4 nitrogen and oxygen atoms in total. The number of rotatable bonds is 6. The maximum absolute atomic E-state index is 6.09. The highest BCUT2D eigenvalue weighted by molar-refractivity contribution is 5.89. The molecule has 1 atom stereocenters. The summed E-state index contributed by atoms with van der Waals surface area (Å²) in [5.41, 5.74) is 4.21. The molecule has 0 saturated carbocycles. The number of hydrogen-bond donors (Lipinski definition) is 1. The predicted octanol–water partition coefficient (Wildman–Crippen LogP) is 5.00. The Bertz CT molecular complexity index is 806. The fourth-order valence-corrected chi connectivity index (χ4v) is 3.32. The molecule has 4 rings (SSSR count). The van der Waals surface area contributed by atoms with E-state index in [1.54, 1.807) is 0 Å². The summed E-state index contributed by atoms with van der Waals surface area (Å²) < 4.78 is 11.6. The van der Waals surface area contributed by atoms with E-state index in [2.05, 4.69) is 41.9 Å². The summed E-state index contributed by atoms with van der Waals surface area (Å²) in [6.45, 7) is 1.44. The van der Waals surface area contributed by atoms with Crippen LogP contribution in [-0.2, 0) is 16.1 Å². The third-order valence-corrected chi connectivity index (χ3v) is 4.72. The van der Waals surface area contributed by atoms with Gasteiger partial charge in [0.05, 0.1) is 0 Å². The van der Waals surface area contributed by atoms with Gasteiger partial charge in [0.25, 0.3) is 0 Å². The van der Waals surface area contributed by atoms with Crippen molar-refractivity contribution in [1.29, 1.82) is 0 Å². The number of ether oxygens (including phenoxy) is 2. The van der Waals surface area contributed by atoms with Crippen molar-refractivity contribution < 1.29 is 14.3 Å². The molecule has 1 aliphatic heterocycles. The van der Waals surface area contributed by atoms with Gasteiger partial charge in [0.2, 0.25) is 0 Å². The molecule has 2 aliphatic rings. The summed E-state index contributed by atoms with van der Waals surface area (Å²) in [4.78, 5) is 5.61. The molecule has 1 unspecified atom stereocenters. The van der Waals surface area contributed by atoms with Gasteiger partial charge in [0.15, 0.2) is 6.29 Å². The molecule has 4 heteroatoms. The molecule has 0 bridgehead atoms. The van der Waals surface area contributed by atoms with Crippen LogP contribution in [0.4, 0.5) is 0 Å². The minimum absolute atomic E-state index is 0.124. The van der Waals surface area contributed by atoms with Crippen LogP contribution in [0.5, 0.6) is 5.75 Å². The molecule has 1 N–H and O–H groups in total. The molecule has 0 aromatic heterocycles. The molecule has 1 heterocycles. The Labute approximate surface area is 154 Å². The predicted molar refractivity (Wildman–Crippen MR) is 103 cm³/mol. The average Bonchev–Trinajstić information content (AvgIpc) is 2.70. The smallest absolute Gasteiger partial charge is 0.177 e. The standard InChI is InChI=1S/C22H25NO3/c1-2-8-19(9-3-1)25-21-10-6-7-18-15-17(12-13-20(18)21)16-23-26-22-11-4-5-14-24-22/h2,6-10,12-13,15,22-23H,1,3-5,11,14,16H2. The average molecular weight is 351 g/mol. The Kier molecular flexibility index (Phi) is 5.65. The van der Waals surface area contributed by atoms with Crippen LogP contribution in [0.1, 0.15) is 37.7 Å². The summed E-state index contributed by atoms with van der Waals surface area (Å²) >= 11 is 0. The van der Waals surface area contributed by atoms with Crippen LogP contribution in [0.2, 0.25) is 0 Å². The van der Waals surface area contributed by atoms with Crippen molar-refractivity contribution in [2.24, 2.45) is 0 Å². The lowest BCUT2D eigenvalue weighted by atomic mass is 10.1. The second-order valence-corrected chi connectivity index (χ2v) is 6.74. The highest BCUT2D eigenvalue weighted by Crippen LogP contribution is 2.29. The summed E-state index contributed by atoms with van der Waals surface area (Å²) in [5, 5.41) is 2.28. The van der Waals surface area contributed by atoms with Crippen LogP contribution in [0.3, 0.4) is 0 Å². The minimum Gasteiger partial charge on any atom is -0.457 e. The minimum atomic E-state index is -0.124. The van der Waals surface area contributed by atoms with Gasteiger partial charge in [-0.2, -0.15) is 5.48 Å². The van der Waals surface area contributed by atoms with Gasteiger partial charge in [-0.1, -0.05) is 30.3 Å². The summed E-state index contributed by atoms with van der Waals surface area (Å²) in [6, 6.07) is 12.6. The van der Waals surface area contributed by atoms with Crippen molar-refractivity contribution in [3.8, 4) is 5.75 Å². The first-order valence-corrected chi connectivity index (χ1v) is 9.45. The van der Waals surface area contributed by atoms with E-state index in [0.717, 1.165) is 61.0 Å². The largest absolute Gasteiger partial charge is 0.457 e. The number of benzene rings is 2. The van der Waals surface area contributed by atoms with Gasteiger partial charge in [-0.25, -0.2) is 0 Å². The van der Waals surface area contributed by atoms with Gasteiger partial charge in [-0.15, -0.1) is 0 Å². The second-order valence-electron chi connectivity index (χ2n) is 6.74. The maximum Gasteiger partial charge on any atom is 0.177 e. The molecule has 1 aliphatic carbocycles. The summed E-state index contributed by atoms with van der Waals surface area (Å²) in [7, 11) is 0. The zero-order chi connectivity index (χ0) is 17.6. The topological polar surface area (TPSA) is 39.7 Å². The number of allylic oxidation sites excluding steroid dienone is 3. The van der Waals surface area contributed by atoms with Crippen LogP contribution in [0.25, 0.3) is 10.8 Å². The number of fused-ring (bicyclic) bond motifs is 1. The Morgan fingerprint density at radius 2 is 2.12 bits per heavy atom. The molecular weight excluding hydrogens is 326 g/mol. The highest BCUT2D eigenvalue weighted by atomic mass is 16.8. The van der Waals surface area contributed by atoms with E-state index in [0.29, 0.717) is 6.54 Å². The SMILES string of the molecule is C1=CC(Oc2cccc3cc(CNOC4CCCCO4)ccc23)=CCC1. The second kappa shape index (κ2) is 8.49. The monoisotopic (exact) mass is 351 g/mol. The van der Waals surface area contributed by atoms with Crippen molar-refractivity contribution in [3.05, 3.63) is 65.9 Å². The molecular formula is C22H25NO3. The van der Waals surface area contributed by atoms with Gasteiger partial charge in [0, 0.05) is 25.0 Å². The summed E-state index contributed by atoms with van der Waals surface area (Å²) in [6.07, 6.45) is 11.6. The van der Waals surface area contributed by atoms with Crippen LogP contribution in [-0.4, -0.2) is 12.9 Å². The molecule has 0 radical (unpaired) electrons. The first kappa shape index (κ1) is 17.3. The number of hydrogen-bond acceptors (Lipinski definition) is 4. The van der Waals surface area contributed by atoms with Crippen LogP contribution < -0.4 is 10.2 Å². The van der Waals surface area contributed by atoms with E-state index in [-0.39, 0.29) is 6.29 Å². The molecule has 0 spiro atoms. The molecule has 136 valence electrons. The Morgan fingerprint density at radius 1 is 1.12 bits per heavy atom. The lowest BCUT2D eigenvalue weighted by Gasteiger charge is -2.22. The van der Waals surface area contributed by atoms with E-state index in [1.165, 1.54) is 5.56 Å². The van der Waals surface area contributed by atoms with Gasteiger partial charge in [-0.3, -0.25) is 4.84 Å². The fourth-order valence-electron chi connectivity index (χ4n) is 3.32. The molecule has 26 heavy (non-hydrogen) atoms. The number of nitrogens with one attached hydrogen (secondary N) is 1. The first-order chi connectivity index (χ1) is 12.9. The van der Waals surface area contributed by atoms with Crippen molar-refractivity contribution in [2.45, 2.75) is 44.9 Å². The molecule has 1 fully saturated rings. The van der Waals surface area contributed by atoms with Gasteiger partial charge in [0.1, 0.15) is 11.5 Å². The summed E-state index contributed by atoms with van der Waals surface area (Å²) in [5.74, 6) is 1.82. The lowest BCUT2D eigenvalue weighted by molar-refractivity contribution is -0.198. The Morgan fingerprint density at radius 3 is 2.96 bits per heavy atom. The highest BCUT2D eigenvalue weighted by Gasteiger charge is 2.14. The van der Waals surface area contributed by atoms with Crippen LogP contribution in [0.15, 0.2) is 60.4 Å². The van der Waals surface area contributed by atoms with E-state index >= 15 is 0 Å². The van der Waals surface area contributed by atoms with E-state index in [4.69, 9.17) is 14.3 Å². The van der Waals surface area contributed by atoms with Crippen LogP contribution in [0, 0.1) is 0 Å².